The Bertz CT molecular complexity index is 2000. The molecule has 26 heteroatoms. The first-order valence-electron chi connectivity index (χ1n) is 14.3. The lowest BCUT2D eigenvalue weighted by atomic mass is 9.99. The number of aromatic amines is 1. The number of aromatic nitrogens is 7. The molecule has 0 bridgehead atoms. The van der Waals surface area contributed by atoms with Gasteiger partial charge in [-0.25, -0.2) is 23.2 Å². The fraction of sp³-hybridized carbons (Fsp3) is 0.458. The first-order valence-corrected chi connectivity index (χ1v) is 17.3. The summed E-state index contributed by atoms with van der Waals surface area (Å²) in [5.74, 6) is -0.765. The number of H-pyrrole nitrogens is 1. The van der Waals surface area contributed by atoms with E-state index in [0.29, 0.717) is 11.3 Å². The van der Waals surface area contributed by atoms with E-state index in [-0.39, 0.29) is 23.7 Å². The van der Waals surface area contributed by atoms with E-state index in [4.69, 9.17) is 24.3 Å². The van der Waals surface area contributed by atoms with Crippen molar-refractivity contribution in [2.24, 2.45) is 0 Å². The summed E-state index contributed by atoms with van der Waals surface area (Å²) in [7, 11) is -11.2. The number of rotatable bonds is 11. The van der Waals surface area contributed by atoms with E-state index in [2.05, 4.69) is 29.6 Å². The van der Waals surface area contributed by atoms with Gasteiger partial charge in [-0.05, 0) is 24.3 Å². The van der Waals surface area contributed by atoms with Gasteiger partial charge in [-0.3, -0.25) is 23.4 Å². The molecule has 2 fully saturated rings. The smallest absolute Gasteiger partial charge is 0.388 e. The summed E-state index contributed by atoms with van der Waals surface area (Å²) in [5.41, 5.74) is 5.35. The highest BCUT2D eigenvalue weighted by atomic mass is 31.3. The number of aliphatic hydroxyl groups excluding tert-OH is 5. The quantitative estimate of drug-likeness (QED) is 0.0714. The molecule has 10 N–H and O–H groups in total. The predicted octanol–water partition coefficient (Wildman–Crippen LogP) is -2.52. The Hall–Kier alpha value is -3.58. The van der Waals surface area contributed by atoms with Crippen LogP contribution in [0.25, 0.3) is 22.4 Å². The zero-order valence-electron chi connectivity index (χ0n) is 25.0. The first-order chi connectivity index (χ1) is 23.5. The van der Waals surface area contributed by atoms with Gasteiger partial charge in [-0.1, -0.05) is 5.21 Å². The summed E-state index contributed by atoms with van der Waals surface area (Å²) in [6, 6.07) is 5.27. The van der Waals surface area contributed by atoms with Crippen molar-refractivity contribution in [3.63, 3.8) is 0 Å². The molecule has 2 unspecified atom stereocenters. The van der Waals surface area contributed by atoms with E-state index in [1.54, 1.807) is 0 Å². The maximum Gasteiger partial charge on any atom is 0.483 e. The highest BCUT2D eigenvalue weighted by Gasteiger charge is 2.50. The van der Waals surface area contributed by atoms with E-state index in [0.717, 1.165) is 15.6 Å². The molecular weight excluding hydrogens is 721 g/mol. The summed E-state index contributed by atoms with van der Waals surface area (Å²) < 4.78 is 65.3. The van der Waals surface area contributed by atoms with E-state index < -0.39 is 88.9 Å². The summed E-state index contributed by atoms with van der Waals surface area (Å²) >= 11 is 0. The second-order valence-electron chi connectivity index (χ2n) is 11.1. The zero-order chi connectivity index (χ0) is 36.1. The number of aliphatic hydroxyl groups is 5. The number of anilines is 1. The second kappa shape index (κ2) is 13.9. The van der Waals surface area contributed by atoms with Crippen molar-refractivity contribution in [3.8, 4) is 11.3 Å². The first kappa shape index (κ1) is 36.2. The van der Waals surface area contributed by atoms with Gasteiger partial charge in [0, 0.05) is 5.56 Å². The van der Waals surface area contributed by atoms with Gasteiger partial charge in [0.1, 0.15) is 54.2 Å². The van der Waals surface area contributed by atoms with Crippen molar-refractivity contribution in [2.75, 3.05) is 12.3 Å². The lowest BCUT2D eigenvalue weighted by Crippen LogP contribution is -2.58. The molecule has 0 aliphatic carbocycles. The van der Waals surface area contributed by atoms with Crippen molar-refractivity contribution in [3.05, 3.63) is 53.0 Å². The number of nitrogen functional groups attached to an aromatic ring is 1. The van der Waals surface area contributed by atoms with Crippen LogP contribution in [0.15, 0.2) is 41.6 Å². The maximum absolute atomic E-state index is 13.3. The van der Waals surface area contributed by atoms with Crippen molar-refractivity contribution < 1.29 is 71.7 Å². The number of nitrogens with one attached hydrogen (secondary N) is 1. The third kappa shape index (κ3) is 7.54. The van der Waals surface area contributed by atoms with Crippen LogP contribution in [0.1, 0.15) is 6.23 Å². The maximum atomic E-state index is 13.3. The monoisotopic (exact) mass is 750 g/mol. The van der Waals surface area contributed by atoms with Gasteiger partial charge in [0.2, 0.25) is 5.95 Å². The Labute approximate surface area is 277 Å². The lowest BCUT2D eigenvalue weighted by Gasteiger charge is -2.40. The molecule has 5 heterocycles. The SMILES string of the molecule is Nc1nc2c(ncn2[C@@H]2O[C@H](COP(=O)(O)OP(=O)(O)O[C@H]3O[C@@H](Cn4cc(-c5ccc(F)cc5)nn4)[C@@H](O)[C@@H](O)[C@@H]3O)[C@@H](O)[C@H]2O)c(=O)[nH]1. The number of phosphoric ester groups is 2. The molecule has 0 saturated carbocycles. The molecule has 0 amide bonds. The number of nitrogens with zero attached hydrogens (tertiary/aromatic N) is 6. The minimum absolute atomic E-state index is 0.123. The van der Waals surface area contributed by atoms with E-state index in [1.807, 2.05) is 0 Å². The molecule has 3 aromatic heterocycles. The normalized spacial score (nSPS) is 31.1. The van der Waals surface area contributed by atoms with Gasteiger partial charge in [0.25, 0.3) is 5.56 Å². The standard InChI is InChI=1S/C24H29FN8O15P2/c25-10-3-1-9(2-4-10)11-5-32(31-30-11)6-12-15(34)17(36)19(38)23(46-12)47-50(42,43)48-49(40,41)44-7-13-16(35)18(37)22(45-13)33-8-27-14-20(33)28-24(26)29-21(14)39/h1-5,8,12-13,15-19,22-23,34-38H,6-7H2,(H,40,41)(H,42,43)(H3,26,28,29,39)/t12-,13+,15+,16+,17+,18+,19-,22+,23+/m0/s1. The Morgan fingerprint density at radius 3 is 2.38 bits per heavy atom. The van der Waals surface area contributed by atoms with E-state index in [9.17, 15) is 53.6 Å². The molecule has 0 spiro atoms. The average Bonchev–Trinajstić information content (AvgIpc) is 3.75. The number of imidazole rings is 1. The summed E-state index contributed by atoms with van der Waals surface area (Å²) in [6.45, 7) is -1.37. The number of halogens is 1. The number of ether oxygens (including phenoxy) is 2. The highest BCUT2D eigenvalue weighted by molar-refractivity contribution is 7.61. The number of phosphoric acid groups is 2. The van der Waals surface area contributed by atoms with Crippen molar-refractivity contribution >= 4 is 32.8 Å². The molecule has 23 nitrogen and oxygen atoms in total. The van der Waals surface area contributed by atoms with Gasteiger partial charge in [-0.2, -0.15) is 9.29 Å². The van der Waals surface area contributed by atoms with Gasteiger partial charge in [-0.15, -0.1) is 5.10 Å². The molecule has 0 radical (unpaired) electrons. The molecular formula is C24H29FN8O15P2. The number of hydrogen-bond acceptors (Lipinski definition) is 18. The fourth-order valence-electron chi connectivity index (χ4n) is 5.18. The largest absolute Gasteiger partial charge is 0.483 e. The van der Waals surface area contributed by atoms with Crippen LogP contribution in [-0.2, 0) is 38.5 Å². The van der Waals surface area contributed by atoms with E-state index >= 15 is 0 Å². The van der Waals surface area contributed by atoms with Crippen LogP contribution in [0, 0.1) is 5.82 Å². The molecule has 6 rings (SSSR count). The molecule has 272 valence electrons. The summed E-state index contributed by atoms with van der Waals surface area (Å²) in [4.78, 5) is 42.5. The fourth-order valence-corrected chi connectivity index (χ4v) is 7.34. The van der Waals surface area contributed by atoms with Crippen LogP contribution in [0.2, 0.25) is 0 Å². The molecule has 2 aliphatic rings. The minimum Gasteiger partial charge on any atom is -0.388 e. The Morgan fingerprint density at radius 2 is 1.66 bits per heavy atom. The van der Waals surface area contributed by atoms with Gasteiger partial charge < -0.3 is 50.5 Å². The van der Waals surface area contributed by atoms with Gasteiger partial charge in [0.05, 0.1) is 25.7 Å². The molecule has 4 aromatic rings. The van der Waals surface area contributed by atoms with Crippen LogP contribution in [0.5, 0.6) is 0 Å². The van der Waals surface area contributed by atoms with Crippen LogP contribution in [-0.4, -0.2) is 125 Å². The van der Waals surface area contributed by atoms with Crippen LogP contribution < -0.4 is 11.3 Å². The molecule has 2 aliphatic heterocycles. The Kier molecular flexibility index (Phi) is 10.0. The molecule has 1 aromatic carbocycles. The van der Waals surface area contributed by atoms with Crippen molar-refractivity contribution in [1.82, 2.24) is 34.5 Å². The van der Waals surface area contributed by atoms with Crippen molar-refractivity contribution in [1.29, 1.82) is 0 Å². The minimum atomic E-state index is -5.69. The Morgan fingerprint density at radius 1 is 0.960 bits per heavy atom. The third-order valence-electron chi connectivity index (χ3n) is 7.62. The third-order valence-corrected chi connectivity index (χ3v) is 10.2. The van der Waals surface area contributed by atoms with Gasteiger partial charge >= 0.3 is 15.6 Å². The molecule has 11 atom stereocenters. The summed E-state index contributed by atoms with van der Waals surface area (Å²) in [5, 5.41) is 60.0. The summed E-state index contributed by atoms with van der Waals surface area (Å²) in [6.07, 6.45) is -13.7. The second-order valence-corrected chi connectivity index (χ2v) is 14.1. The highest BCUT2D eigenvalue weighted by Crippen LogP contribution is 2.61. The number of benzene rings is 1. The van der Waals surface area contributed by atoms with Crippen molar-refractivity contribution in [2.45, 2.75) is 61.8 Å². The van der Waals surface area contributed by atoms with Crippen LogP contribution >= 0.6 is 15.6 Å². The number of fused-ring (bicyclic) bond motifs is 1. The number of nitrogens with two attached hydrogens (primary N) is 1. The Balaban J connectivity index is 1.07. The number of hydrogen-bond donors (Lipinski definition) is 9. The molecule has 2 saturated heterocycles. The lowest BCUT2D eigenvalue weighted by molar-refractivity contribution is -0.278. The topological polar surface area (TPSA) is 342 Å². The van der Waals surface area contributed by atoms with Gasteiger partial charge in [0.15, 0.2) is 23.7 Å². The average molecular weight is 750 g/mol. The van der Waals surface area contributed by atoms with E-state index in [1.165, 1.54) is 30.5 Å². The zero-order valence-corrected chi connectivity index (χ0v) is 26.8. The van der Waals surface area contributed by atoms with Crippen LogP contribution in [0.4, 0.5) is 10.3 Å². The van der Waals surface area contributed by atoms with Crippen LogP contribution in [0.3, 0.4) is 0 Å². The predicted molar refractivity (Wildman–Crippen MR) is 158 cm³/mol. The molecule has 50 heavy (non-hydrogen) atoms.